The van der Waals surface area contributed by atoms with E-state index in [0.717, 1.165) is 21.0 Å². The summed E-state index contributed by atoms with van der Waals surface area (Å²) in [5.41, 5.74) is 2.83. The Labute approximate surface area is 134 Å². The summed E-state index contributed by atoms with van der Waals surface area (Å²) in [6.07, 6.45) is -0.692. The van der Waals surface area contributed by atoms with Gasteiger partial charge < -0.3 is 4.74 Å². The first kappa shape index (κ1) is 14.3. The van der Waals surface area contributed by atoms with Crippen molar-refractivity contribution in [3.8, 4) is 0 Å². The van der Waals surface area contributed by atoms with E-state index in [1.54, 1.807) is 12.1 Å². The molecular weight excluding hydrogens is 314 g/mol. The van der Waals surface area contributed by atoms with E-state index in [0.29, 0.717) is 6.42 Å². The average molecular weight is 329 g/mol. The van der Waals surface area contributed by atoms with Gasteiger partial charge in [-0.2, -0.15) is 4.31 Å². The first-order valence-electron chi connectivity index (χ1n) is 7.38. The summed E-state index contributed by atoms with van der Waals surface area (Å²) in [4.78, 5) is 12.3. The molecule has 1 saturated heterocycles. The number of sulfonamides is 1. The van der Waals surface area contributed by atoms with Crippen LogP contribution in [0.5, 0.6) is 0 Å². The zero-order chi connectivity index (χ0) is 16.2. The monoisotopic (exact) mass is 329 g/mol. The summed E-state index contributed by atoms with van der Waals surface area (Å²) in [6, 6.07) is 13.4. The Bertz CT molecular complexity index is 889. The third-order valence-electron chi connectivity index (χ3n) is 4.41. The highest BCUT2D eigenvalue weighted by Gasteiger charge is 2.52. The number of amides is 1. The lowest BCUT2D eigenvalue weighted by atomic mass is 10.1. The largest absolute Gasteiger partial charge is 0.442 e. The lowest BCUT2D eigenvalue weighted by Gasteiger charge is -2.21. The van der Waals surface area contributed by atoms with Crippen LogP contribution < -0.4 is 0 Å². The standard InChI is InChI=1S/C17H15NO4S/c1-11-6-8-13(9-7-11)23(20,21)18-16-14-5-3-2-4-12(14)10-15(16)22-17(18)19/h2-9,15-16H,10H2,1H3. The third-order valence-corrected chi connectivity index (χ3v) is 6.17. The number of nitrogens with zero attached hydrogens (tertiary/aromatic N) is 1. The normalized spacial score (nSPS) is 22.7. The Morgan fingerprint density at radius 1 is 1.09 bits per heavy atom. The molecule has 0 saturated carbocycles. The van der Waals surface area contributed by atoms with Gasteiger partial charge in [-0.3, -0.25) is 0 Å². The number of carbonyl (C=O) groups excluding carboxylic acids is 1. The molecule has 2 unspecified atom stereocenters. The first-order chi connectivity index (χ1) is 11.0. The van der Waals surface area contributed by atoms with Gasteiger partial charge in [-0.05, 0) is 30.2 Å². The van der Waals surface area contributed by atoms with E-state index < -0.39 is 28.3 Å². The van der Waals surface area contributed by atoms with Crippen LogP contribution >= 0.6 is 0 Å². The Kier molecular flexibility index (Phi) is 2.99. The molecule has 2 aromatic carbocycles. The van der Waals surface area contributed by atoms with Gasteiger partial charge in [0.05, 0.1) is 4.90 Å². The Balaban J connectivity index is 1.81. The van der Waals surface area contributed by atoms with Crippen LogP contribution in [0.15, 0.2) is 53.4 Å². The summed E-state index contributed by atoms with van der Waals surface area (Å²) in [6.45, 7) is 1.88. The fraction of sp³-hybridized carbons (Fsp3) is 0.235. The minimum absolute atomic E-state index is 0.102. The van der Waals surface area contributed by atoms with Crippen molar-refractivity contribution in [1.82, 2.24) is 4.31 Å². The van der Waals surface area contributed by atoms with Crippen molar-refractivity contribution in [2.45, 2.75) is 30.4 Å². The maximum atomic E-state index is 12.9. The van der Waals surface area contributed by atoms with Crippen LogP contribution in [-0.4, -0.2) is 24.9 Å². The van der Waals surface area contributed by atoms with Crippen LogP contribution in [0.3, 0.4) is 0 Å². The number of rotatable bonds is 2. The molecule has 1 aliphatic carbocycles. The van der Waals surface area contributed by atoms with Gasteiger partial charge in [0.2, 0.25) is 0 Å². The summed E-state index contributed by atoms with van der Waals surface area (Å²) >= 11 is 0. The maximum Gasteiger partial charge on any atom is 0.424 e. The zero-order valence-corrected chi connectivity index (χ0v) is 13.3. The Morgan fingerprint density at radius 3 is 2.52 bits per heavy atom. The molecule has 5 nitrogen and oxygen atoms in total. The van der Waals surface area contributed by atoms with Crippen molar-refractivity contribution < 1.29 is 17.9 Å². The van der Waals surface area contributed by atoms with Crippen molar-refractivity contribution in [1.29, 1.82) is 0 Å². The fourth-order valence-electron chi connectivity index (χ4n) is 3.29. The summed E-state index contributed by atoms with van der Waals surface area (Å²) in [7, 11) is -3.94. The van der Waals surface area contributed by atoms with E-state index >= 15 is 0 Å². The predicted molar refractivity (Wildman–Crippen MR) is 83.4 cm³/mol. The third kappa shape index (κ3) is 2.05. The molecule has 2 aromatic rings. The van der Waals surface area contributed by atoms with E-state index in [1.807, 2.05) is 31.2 Å². The van der Waals surface area contributed by atoms with Crippen molar-refractivity contribution in [3.63, 3.8) is 0 Å². The van der Waals surface area contributed by atoms with Crippen LogP contribution in [0.2, 0.25) is 0 Å². The Hall–Kier alpha value is -2.34. The van der Waals surface area contributed by atoms with E-state index in [9.17, 15) is 13.2 Å². The maximum absolute atomic E-state index is 12.9. The van der Waals surface area contributed by atoms with Crippen LogP contribution in [0.1, 0.15) is 22.7 Å². The molecule has 2 aliphatic rings. The van der Waals surface area contributed by atoms with Gasteiger partial charge in [-0.1, -0.05) is 42.0 Å². The number of fused-ring (bicyclic) bond motifs is 3. The minimum Gasteiger partial charge on any atom is -0.442 e. The smallest absolute Gasteiger partial charge is 0.424 e. The molecule has 6 heteroatoms. The number of hydrogen-bond donors (Lipinski definition) is 0. The minimum atomic E-state index is -3.94. The van der Waals surface area contributed by atoms with Crippen molar-refractivity contribution in [2.24, 2.45) is 0 Å². The van der Waals surface area contributed by atoms with Gasteiger partial charge in [0.15, 0.2) is 0 Å². The lowest BCUT2D eigenvalue weighted by Crippen LogP contribution is -2.34. The first-order valence-corrected chi connectivity index (χ1v) is 8.82. The molecule has 0 N–H and O–H groups in total. The van der Waals surface area contributed by atoms with Gasteiger partial charge in [0.1, 0.15) is 12.1 Å². The van der Waals surface area contributed by atoms with E-state index in [4.69, 9.17) is 4.74 Å². The molecule has 0 radical (unpaired) electrons. The fourth-order valence-corrected chi connectivity index (χ4v) is 4.78. The second-order valence-electron chi connectivity index (χ2n) is 5.88. The van der Waals surface area contributed by atoms with Gasteiger partial charge in [-0.15, -0.1) is 0 Å². The predicted octanol–water partition coefficient (Wildman–Crippen LogP) is 2.80. The molecule has 0 bridgehead atoms. The van der Waals surface area contributed by atoms with Crippen molar-refractivity contribution in [2.75, 3.05) is 0 Å². The van der Waals surface area contributed by atoms with Gasteiger partial charge in [-0.25, -0.2) is 13.2 Å². The number of carbonyl (C=O) groups is 1. The molecule has 2 atom stereocenters. The molecule has 118 valence electrons. The quantitative estimate of drug-likeness (QED) is 0.850. The number of aryl methyl sites for hydroxylation is 1. The average Bonchev–Trinajstić information content (AvgIpc) is 3.02. The second kappa shape index (κ2) is 4.83. The van der Waals surface area contributed by atoms with E-state index in [-0.39, 0.29) is 4.90 Å². The summed E-state index contributed by atoms with van der Waals surface area (Å²) < 4.78 is 32.1. The molecule has 1 heterocycles. The number of benzene rings is 2. The SMILES string of the molecule is Cc1ccc(S(=O)(=O)N2C(=O)OC3Cc4ccccc4C32)cc1. The van der Waals surface area contributed by atoms with Gasteiger partial charge >= 0.3 is 6.09 Å². The molecule has 0 aromatic heterocycles. The summed E-state index contributed by atoms with van der Waals surface area (Å²) in [5, 5.41) is 0. The molecule has 23 heavy (non-hydrogen) atoms. The van der Waals surface area contributed by atoms with Gasteiger partial charge in [0.25, 0.3) is 10.0 Å². The highest BCUT2D eigenvalue weighted by Crippen LogP contribution is 2.45. The Morgan fingerprint density at radius 2 is 1.78 bits per heavy atom. The lowest BCUT2D eigenvalue weighted by molar-refractivity contribution is 0.135. The van der Waals surface area contributed by atoms with Crippen LogP contribution in [0.4, 0.5) is 4.79 Å². The molecule has 4 rings (SSSR count). The van der Waals surface area contributed by atoms with Crippen LogP contribution in [-0.2, 0) is 21.2 Å². The molecule has 1 fully saturated rings. The topological polar surface area (TPSA) is 63.7 Å². The molecule has 0 spiro atoms. The molecular formula is C17H15NO4S. The van der Waals surface area contributed by atoms with E-state index in [2.05, 4.69) is 0 Å². The van der Waals surface area contributed by atoms with Gasteiger partial charge in [0, 0.05) is 6.42 Å². The zero-order valence-electron chi connectivity index (χ0n) is 12.5. The van der Waals surface area contributed by atoms with E-state index in [1.165, 1.54) is 12.1 Å². The summed E-state index contributed by atoms with van der Waals surface area (Å²) in [5.74, 6) is 0. The molecule has 1 amide bonds. The van der Waals surface area contributed by atoms with Crippen LogP contribution in [0.25, 0.3) is 0 Å². The number of hydrogen-bond acceptors (Lipinski definition) is 4. The highest BCUT2D eigenvalue weighted by molar-refractivity contribution is 7.89. The molecule has 1 aliphatic heterocycles. The van der Waals surface area contributed by atoms with Crippen LogP contribution in [0, 0.1) is 6.92 Å². The second-order valence-corrected chi connectivity index (χ2v) is 7.70. The number of ether oxygens (including phenoxy) is 1. The highest BCUT2D eigenvalue weighted by atomic mass is 32.2. The van der Waals surface area contributed by atoms with Crippen molar-refractivity contribution >= 4 is 16.1 Å². The van der Waals surface area contributed by atoms with Crippen molar-refractivity contribution in [3.05, 3.63) is 65.2 Å².